The number of benzene rings is 1. The first-order valence-corrected chi connectivity index (χ1v) is 10.1. The van der Waals surface area contributed by atoms with E-state index >= 15 is 0 Å². The van der Waals surface area contributed by atoms with Gasteiger partial charge in [-0.25, -0.2) is 13.1 Å². The molecule has 2 N–H and O–H groups in total. The van der Waals surface area contributed by atoms with Crippen LogP contribution in [-0.4, -0.2) is 19.9 Å². The van der Waals surface area contributed by atoms with Crippen LogP contribution in [0.5, 0.6) is 0 Å². The highest BCUT2D eigenvalue weighted by Gasteiger charge is 2.25. The van der Waals surface area contributed by atoms with E-state index in [1.54, 1.807) is 45.0 Å². The van der Waals surface area contributed by atoms with Crippen LogP contribution in [0, 0.1) is 5.92 Å². The molecule has 0 bridgehead atoms. The molecule has 0 saturated heterocycles. The predicted octanol–water partition coefficient (Wildman–Crippen LogP) is 2.96. The summed E-state index contributed by atoms with van der Waals surface area (Å²) in [6.07, 6.45) is 5.25. The van der Waals surface area contributed by atoms with Crippen molar-refractivity contribution >= 4 is 15.9 Å². The number of carbonyl (C=O) groups is 1. The Labute approximate surface area is 145 Å². The number of nitrogens with one attached hydrogen (secondary N) is 2. The molecule has 1 aliphatic carbocycles. The van der Waals surface area contributed by atoms with Gasteiger partial charge in [-0.05, 0) is 45.2 Å². The van der Waals surface area contributed by atoms with Gasteiger partial charge in [0.05, 0.1) is 4.90 Å². The quantitative estimate of drug-likeness (QED) is 0.855. The largest absolute Gasteiger partial charge is 0.352 e. The van der Waals surface area contributed by atoms with E-state index < -0.39 is 15.6 Å². The lowest BCUT2D eigenvalue weighted by Crippen LogP contribution is -2.41. The van der Waals surface area contributed by atoms with Crippen LogP contribution in [0.15, 0.2) is 29.2 Å². The molecule has 1 aromatic carbocycles. The van der Waals surface area contributed by atoms with Crippen molar-refractivity contribution in [2.24, 2.45) is 5.92 Å². The molecule has 0 aliphatic heterocycles. The molecule has 2 rings (SSSR count). The van der Waals surface area contributed by atoms with Crippen LogP contribution in [0.2, 0.25) is 0 Å². The summed E-state index contributed by atoms with van der Waals surface area (Å²) in [5, 5.41) is 2.91. The third kappa shape index (κ3) is 5.31. The van der Waals surface area contributed by atoms with Crippen molar-refractivity contribution < 1.29 is 13.2 Å². The summed E-state index contributed by atoms with van der Waals surface area (Å²) in [6, 6.07) is 6.82. The summed E-state index contributed by atoms with van der Waals surface area (Å²) in [4.78, 5) is 12.5. The molecule has 24 heavy (non-hydrogen) atoms. The van der Waals surface area contributed by atoms with Gasteiger partial charge in [-0.3, -0.25) is 4.79 Å². The Morgan fingerprint density at radius 2 is 1.75 bits per heavy atom. The molecule has 0 radical (unpaired) electrons. The van der Waals surface area contributed by atoms with Gasteiger partial charge in [-0.1, -0.05) is 37.5 Å². The first-order chi connectivity index (χ1) is 11.2. The van der Waals surface area contributed by atoms with Crippen molar-refractivity contribution in [2.45, 2.75) is 69.9 Å². The smallest absolute Gasteiger partial charge is 0.241 e. The molecule has 1 aliphatic rings. The topological polar surface area (TPSA) is 75.3 Å². The van der Waals surface area contributed by atoms with E-state index in [0.29, 0.717) is 5.56 Å². The molecule has 1 fully saturated rings. The van der Waals surface area contributed by atoms with Crippen LogP contribution in [0.25, 0.3) is 0 Å². The van der Waals surface area contributed by atoms with Gasteiger partial charge < -0.3 is 5.32 Å². The third-order valence-corrected chi connectivity index (χ3v) is 5.99. The van der Waals surface area contributed by atoms with E-state index in [4.69, 9.17) is 0 Å². The van der Waals surface area contributed by atoms with E-state index in [1.165, 1.54) is 6.42 Å². The van der Waals surface area contributed by atoms with Crippen molar-refractivity contribution in [3.63, 3.8) is 0 Å². The fourth-order valence-corrected chi connectivity index (χ4v) is 4.72. The normalized spacial score (nSPS) is 16.8. The molecule has 5 nitrogen and oxygen atoms in total. The zero-order valence-corrected chi connectivity index (χ0v) is 15.6. The molecule has 1 aromatic rings. The standard InChI is InChI=1S/C18H28N2O3S/c1-18(2,3)20-24(22,23)16-12-8-7-11-15(16)13-19-17(21)14-9-5-4-6-10-14/h7-8,11-12,14,20H,4-6,9-10,13H2,1-3H3,(H,19,21). The van der Waals surface area contributed by atoms with Crippen LogP contribution in [-0.2, 0) is 21.4 Å². The zero-order chi connectivity index (χ0) is 17.8. The van der Waals surface area contributed by atoms with Crippen molar-refractivity contribution in [3.8, 4) is 0 Å². The SMILES string of the molecule is CC(C)(C)NS(=O)(=O)c1ccccc1CNC(=O)C1CCCCC1. The van der Waals surface area contributed by atoms with Gasteiger partial charge in [-0.15, -0.1) is 0 Å². The van der Waals surface area contributed by atoms with Gasteiger partial charge in [0.1, 0.15) is 0 Å². The van der Waals surface area contributed by atoms with Gasteiger partial charge in [0.15, 0.2) is 0 Å². The van der Waals surface area contributed by atoms with E-state index in [0.717, 1.165) is 25.7 Å². The van der Waals surface area contributed by atoms with E-state index in [-0.39, 0.29) is 23.3 Å². The molecule has 0 aromatic heterocycles. The Morgan fingerprint density at radius 1 is 1.12 bits per heavy atom. The molecular formula is C18H28N2O3S. The molecular weight excluding hydrogens is 324 g/mol. The van der Waals surface area contributed by atoms with E-state index in [1.807, 2.05) is 0 Å². The third-order valence-electron chi connectivity index (χ3n) is 4.13. The van der Waals surface area contributed by atoms with Gasteiger partial charge in [0.2, 0.25) is 15.9 Å². The Kier molecular flexibility index (Phi) is 6.04. The molecule has 0 heterocycles. The van der Waals surface area contributed by atoms with E-state index in [2.05, 4.69) is 10.0 Å². The molecule has 0 atom stereocenters. The van der Waals surface area contributed by atoms with Crippen LogP contribution in [0.4, 0.5) is 0 Å². The Balaban J connectivity index is 2.10. The lowest BCUT2D eigenvalue weighted by atomic mass is 9.88. The van der Waals surface area contributed by atoms with Crippen molar-refractivity contribution in [2.75, 3.05) is 0 Å². The first kappa shape index (κ1) is 18.9. The number of hydrogen-bond acceptors (Lipinski definition) is 3. The molecule has 0 unspecified atom stereocenters. The second kappa shape index (κ2) is 7.66. The predicted molar refractivity (Wildman–Crippen MR) is 94.9 cm³/mol. The van der Waals surface area contributed by atoms with Gasteiger partial charge in [0.25, 0.3) is 0 Å². The van der Waals surface area contributed by atoms with Gasteiger partial charge >= 0.3 is 0 Å². The Morgan fingerprint density at radius 3 is 2.38 bits per heavy atom. The maximum absolute atomic E-state index is 12.6. The zero-order valence-electron chi connectivity index (χ0n) is 14.8. The monoisotopic (exact) mass is 352 g/mol. The van der Waals surface area contributed by atoms with Gasteiger partial charge in [-0.2, -0.15) is 0 Å². The fourth-order valence-electron chi connectivity index (χ4n) is 3.06. The van der Waals surface area contributed by atoms with Crippen LogP contribution in [0.3, 0.4) is 0 Å². The minimum absolute atomic E-state index is 0.0330. The second-order valence-electron chi connectivity index (χ2n) is 7.52. The second-order valence-corrected chi connectivity index (χ2v) is 9.17. The van der Waals surface area contributed by atoms with Gasteiger partial charge in [0, 0.05) is 18.0 Å². The molecule has 6 heteroatoms. The first-order valence-electron chi connectivity index (χ1n) is 8.59. The Hall–Kier alpha value is -1.40. The summed E-state index contributed by atoms with van der Waals surface area (Å²) < 4.78 is 27.8. The number of sulfonamides is 1. The minimum atomic E-state index is -3.62. The molecule has 1 saturated carbocycles. The fraction of sp³-hybridized carbons (Fsp3) is 0.611. The highest BCUT2D eigenvalue weighted by molar-refractivity contribution is 7.89. The highest BCUT2D eigenvalue weighted by atomic mass is 32.2. The number of carbonyl (C=O) groups excluding carboxylic acids is 1. The summed E-state index contributed by atoms with van der Waals surface area (Å²) >= 11 is 0. The van der Waals surface area contributed by atoms with E-state index in [9.17, 15) is 13.2 Å². The summed E-state index contributed by atoms with van der Waals surface area (Å²) in [7, 11) is -3.62. The molecule has 1 amide bonds. The molecule has 0 spiro atoms. The summed E-state index contributed by atoms with van der Waals surface area (Å²) in [6.45, 7) is 5.64. The van der Waals surface area contributed by atoms with Crippen LogP contribution >= 0.6 is 0 Å². The van der Waals surface area contributed by atoms with Crippen molar-refractivity contribution in [3.05, 3.63) is 29.8 Å². The number of rotatable bonds is 5. The highest BCUT2D eigenvalue weighted by Crippen LogP contribution is 2.24. The minimum Gasteiger partial charge on any atom is -0.352 e. The number of hydrogen-bond donors (Lipinski definition) is 2. The maximum atomic E-state index is 12.6. The van der Waals surface area contributed by atoms with Crippen LogP contribution in [0.1, 0.15) is 58.4 Å². The average Bonchev–Trinajstić information content (AvgIpc) is 2.51. The lowest BCUT2D eigenvalue weighted by molar-refractivity contribution is -0.126. The average molecular weight is 353 g/mol. The maximum Gasteiger partial charge on any atom is 0.241 e. The van der Waals surface area contributed by atoms with Crippen molar-refractivity contribution in [1.29, 1.82) is 0 Å². The molecule has 134 valence electrons. The Bertz CT molecular complexity index is 672. The lowest BCUT2D eigenvalue weighted by Gasteiger charge is -2.23. The van der Waals surface area contributed by atoms with Crippen LogP contribution < -0.4 is 10.0 Å². The number of amides is 1. The van der Waals surface area contributed by atoms with Crippen molar-refractivity contribution in [1.82, 2.24) is 10.0 Å². The summed E-state index contributed by atoms with van der Waals surface area (Å²) in [5.41, 5.74) is 0.0514. The summed E-state index contributed by atoms with van der Waals surface area (Å²) in [5.74, 6) is 0.0981.